The Bertz CT molecular complexity index is 207. The molecular formula is C13H26N2. The second kappa shape index (κ2) is 5.53. The van der Waals surface area contributed by atoms with E-state index in [4.69, 9.17) is 5.73 Å². The number of nitrogens with two attached hydrogens (primary N) is 1. The van der Waals surface area contributed by atoms with Crippen LogP contribution >= 0.6 is 0 Å². The molecule has 0 spiro atoms. The topological polar surface area (TPSA) is 38.4 Å². The molecule has 1 rings (SSSR count). The van der Waals surface area contributed by atoms with Crippen LogP contribution in [-0.2, 0) is 0 Å². The van der Waals surface area contributed by atoms with Crippen LogP contribution in [0.4, 0.5) is 0 Å². The molecule has 1 fully saturated rings. The fourth-order valence-electron chi connectivity index (χ4n) is 2.12. The highest BCUT2D eigenvalue weighted by Crippen LogP contribution is 2.28. The quantitative estimate of drug-likeness (QED) is 0.431. The van der Waals surface area contributed by atoms with Crippen LogP contribution in [0.25, 0.3) is 0 Å². The van der Waals surface area contributed by atoms with Crippen LogP contribution in [0.2, 0.25) is 0 Å². The molecule has 2 heteroatoms. The van der Waals surface area contributed by atoms with Gasteiger partial charge in [-0.2, -0.15) is 0 Å². The van der Waals surface area contributed by atoms with Gasteiger partial charge in [-0.3, -0.25) is 4.99 Å². The van der Waals surface area contributed by atoms with Gasteiger partial charge in [-0.1, -0.05) is 46.5 Å². The van der Waals surface area contributed by atoms with Gasteiger partial charge < -0.3 is 5.73 Å². The maximum absolute atomic E-state index is 5.89. The Morgan fingerprint density at radius 3 is 2.40 bits per heavy atom. The Hall–Kier alpha value is -0.530. The molecule has 1 aliphatic rings. The fraction of sp³-hybridized carbons (Fsp3) is 0.923. The summed E-state index contributed by atoms with van der Waals surface area (Å²) < 4.78 is 0. The van der Waals surface area contributed by atoms with E-state index in [2.05, 4.69) is 25.8 Å². The molecule has 1 aliphatic carbocycles. The Morgan fingerprint density at radius 2 is 1.87 bits per heavy atom. The predicted molar refractivity (Wildman–Crippen MR) is 67.1 cm³/mol. The molecule has 0 aromatic heterocycles. The Labute approximate surface area is 94.3 Å². The third-order valence-corrected chi connectivity index (χ3v) is 3.30. The van der Waals surface area contributed by atoms with Crippen molar-refractivity contribution >= 4 is 5.84 Å². The minimum atomic E-state index is 0.0351. The molecule has 0 radical (unpaired) electrons. The highest BCUT2D eigenvalue weighted by molar-refractivity contribution is 5.85. The van der Waals surface area contributed by atoms with Gasteiger partial charge >= 0.3 is 0 Å². The zero-order valence-corrected chi connectivity index (χ0v) is 10.6. The van der Waals surface area contributed by atoms with Gasteiger partial charge in [-0.25, -0.2) is 0 Å². The lowest BCUT2D eigenvalue weighted by Crippen LogP contribution is -2.29. The highest BCUT2D eigenvalue weighted by Gasteiger charge is 2.16. The van der Waals surface area contributed by atoms with E-state index in [0.717, 1.165) is 18.3 Å². The molecule has 0 saturated heterocycles. The molecule has 0 aromatic carbocycles. The van der Waals surface area contributed by atoms with Gasteiger partial charge in [0.05, 0.1) is 5.84 Å². The maximum atomic E-state index is 5.89. The van der Waals surface area contributed by atoms with Gasteiger partial charge in [0.25, 0.3) is 0 Å². The first kappa shape index (κ1) is 12.5. The summed E-state index contributed by atoms with van der Waals surface area (Å²) in [7, 11) is 0. The van der Waals surface area contributed by atoms with Crippen molar-refractivity contribution in [3.05, 3.63) is 0 Å². The van der Waals surface area contributed by atoms with Crippen molar-refractivity contribution in [3.63, 3.8) is 0 Å². The lowest BCUT2D eigenvalue weighted by Gasteiger charge is -2.17. The van der Waals surface area contributed by atoms with Gasteiger partial charge in [0.15, 0.2) is 0 Å². The minimum Gasteiger partial charge on any atom is -0.387 e. The van der Waals surface area contributed by atoms with E-state index in [1.54, 1.807) is 0 Å². The second-order valence-electron chi connectivity index (χ2n) is 5.81. The zero-order valence-electron chi connectivity index (χ0n) is 10.6. The summed E-state index contributed by atoms with van der Waals surface area (Å²) in [5.41, 5.74) is 5.93. The van der Waals surface area contributed by atoms with Crippen molar-refractivity contribution in [3.8, 4) is 0 Å². The van der Waals surface area contributed by atoms with Crippen molar-refractivity contribution in [2.24, 2.45) is 22.1 Å². The predicted octanol–water partition coefficient (Wildman–Crippen LogP) is 3.36. The van der Waals surface area contributed by atoms with E-state index < -0.39 is 0 Å². The van der Waals surface area contributed by atoms with Crippen LogP contribution in [0.15, 0.2) is 4.99 Å². The molecule has 0 unspecified atom stereocenters. The van der Waals surface area contributed by atoms with Gasteiger partial charge in [0.1, 0.15) is 0 Å². The van der Waals surface area contributed by atoms with E-state index >= 15 is 0 Å². The van der Waals surface area contributed by atoms with E-state index in [1.165, 1.54) is 38.5 Å². The monoisotopic (exact) mass is 210 g/mol. The molecule has 15 heavy (non-hydrogen) atoms. The Kier molecular flexibility index (Phi) is 4.62. The number of nitrogens with zero attached hydrogens (tertiary/aromatic N) is 1. The third kappa shape index (κ3) is 4.67. The van der Waals surface area contributed by atoms with Crippen molar-refractivity contribution in [2.75, 3.05) is 6.54 Å². The van der Waals surface area contributed by atoms with Gasteiger partial charge in [-0.05, 0) is 18.8 Å². The average Bonchev–Trinajstić information content (AvgIpc) is 2.63. The standard InChI is InChI=1S/C13H26N2/c1-13(2,3)12(14)15-10-6-9-11-7-4-5-8-11/h11H,4-10H2,1-3H3,(H2,14,15). The smallest absolute Gasteiger partial charge is 0.0991 e. The van der Waals surface area contributed by atoms with Crippen LogP contribution in [0.3, 0.4) is 0 Å². The summed E-state index contributed by atoms with van der Waals surface area (Å²) >= 11 is 0. The molecule has 0 amide bonds. The molecule has 0 aliphatic heterocycles. The number of aliphatic imine (C=N–C) groups is 1. The first-order chi connectivity index (χ1) is 7.00. The van der Waals surface area contributed by atoms with Crippen LogP contribution in [0.1, 0.15) is 59.3 Å². The van der Waals surface area contributed by atoms with Gasteiger partial charge in [0.2, 0.25) is 0 Å². The van der Waals surface area contributed by atoms with Crippen molar-refractivity contribution < 1.29 is 0 Å². The average molecular weight is 210 g/mol. The Balaban J connectivity index is 2.15. The van der Waals surface area contributed by atoms with Crippen LogP contribution in [-0.4, -0.2) is 12.4 Å². The first-order valence-electron chi connectivity index (χ1n) is 6.30. The second-order valence-corrected chi connectivity index (χ2v) is 5.81. The largest absolute Gasteiger partial charge is 0.387 e. The Morgan fingerprint density at radius 1 is 1.27 bits per heavy atom. The van der Waals surface area contributed by atoms with Gasteiger partial charge in [-0.15, -0.1) is 0 Å². The summed E-state index contributed by atoms with van der Waals surface area (Å²) in [6.45, 7) is 7.26. The van der Waals surface area contributed by atoms with Crippen molar-refractivity contribution in [2.45, 2.75) is 59.3 Å². The molecular weight excluding hydrogens is 184 g/mol. The summed E-state index contributed by atoms with van der Waals surface area (Å²) in [5, 5.41) is 0. The molecule has 2 nitrogen and oxygen atoms in total. The van der Waals surface area contributed by atoms with Crippen LogP contribution in [0, 0.1) is 11.3 Å². The summed E-state index contributed by atoms with van der Waals surface area (Å²) in [4.78, 5) is 4.45. The molecule has 2 N–H and O–H groups in total. The lowest BCUT2D eigenvalue weighted by molar-refractivity contribution is 0.486. The normalized spacial score (nSPS) is 19.8. The molecule has 0 heterocycles. The molecule has 88 valence electrons. The molecule has 0 aromatic rings. The number of hydrogen-bond donors (Lipinski definition) is 1. The van der Waals surface area contributed by atoms with Crippen LogP contribution in [0.5, 0.6) is 0 Å². The molecule has 1 saturated carbocycles. The summed E-state index contributed by atoms with van der Waals surface area (Å²) in [6, 6.07) is 0. The first-order valence-corrected chi connectivity index (χ1v) is 6.30. The number of amidine groups is 1. The maximum Gasteiger partial charge on any atom is 0.0991 e. The SMILES string of the molecule is CC(C)(C)C(N)=NCCCC1CCCC1. The summed E-state index contributed by atoms with van der Waals surface area (Å²) in [6.07, 6.45) is 8.33. The highest BCUT2D eigenvalue weighted by atomic mass is 14.9. The number of hydrogen-bond acceptors (Lipinski definition) is 1. The molecule has 0 bridgehead atoms. The van der Waals surface area contributed by atoms with E-state index in [0.29, 0.717) is 0 Å². The molecule has 0 atom stereocenters. The zero-order chi connectivity index (χ0) is 11.3. The van der Waals surface area contributed by atoms with E-state index in [1.807, 2.05) is 0 Å². The van der Waals surface area contributed by atoms with E-state index in [9.17, 15) is 0 Å². The van der Waals surface area contributed by atoms with Crippen LogP contribution < -0.4 is 5.73 Å². The van der Waals surface area contributed by atoms with E-state index in [-0.39, 0.29) is 5.41 Å². The van der Waals surface area contributed by atoms with Gasteiger partial charge in [0, 0.05) is 12.0 Å². The summed E-state index contributed by atoms with van der Waals surface area (Å²) in [5.74, 6) is 1.78. The third-order valence-electron chi connectivity index (χ3n) is 3.30. The number of rotatable bonds is 4. The fourth-order valence-corrected chi connectivity index (χ4v) is 2.12. The van der Waals surface area contributed by atoms with Crippen molar-refractivity contribution in [1.82, 2.24) is 0 Å². The minimum absolute atomic E-state index is 0.0351. The van der Waals surface area contributed by atoms with Crippen molar-refractivity contribution in [1.29, 1.82) is 0 Å². The lowest BCUT2D eigenvalue weighted by atomic mass is 9.95.